The fourth-order valence-corrected chi connectivity index (χ4v) is 1.26. The predicted octanol–water partition coefficient (Wildman–Crippen LogP) is 1.24. The van der Waals surface area contributed by atoms with Crippen molar-refractivity contribution in [3.8, 4) is 0 Å². The van der Waals surface area contributed by atoms with E-state index in [1.54, 1.807) is 0 Å². The third-order valence-electron chi connectivity index (χ3n) is 2.24. The van der Waals surface area contributed by atoms with Gasteiger partial charge in [-0.15, -0.1) is 0 Å². The molecule has 1 aliphatic heterocycles. The molecule has 1 saturated heterocycles. The molecule has 0 N–H and O–H groups in total. The van der Waals surface area contributed by atoms with E-state index in [0.29, 0.717) is 0 Å². The molecular weight excluding hydrogens is 138 g/mol. The standard InChI is InChI=1S/C9H15NO/c1-2-9(1)3-4-10-5-7-11-8-6-10/h3-4,9H,1-2,5-8H2. The normalized spacial score (nSPS) is 26.4. The fourth-order valence-electron chi connectivity index (χ4n) is 1.26. The summed E-state index contributed by atoms with van der Waals surface area (Å²) in [6, 6.07) is 0. The number of hydrogen-bond acceptors (Lipinski definition) is 2. The van der Waals surface area contributed by atoms with Crippen LogP contribution in [0.25, 0.3) is 0 Å². The molecule has 0 bridgehead atoms. The van der Waals surface area contributed by atoms with Crippen LogP contribution in [0.15, 0.2) is 12.3 Å². The molecule has 1 heterocycles. The van der Waals surface area contributed by atoms with E-state index in [9.17, 15) is 0 Å². The second kappa shape index (κ2) is 3.26. The summed E-state index contributed by atoms with van der Waals surface area (Å²) >= 11 is 0. The van der Waals surface area contributed by atoms with Crippen molar-refractivity contribution in [3.05, 3.63) is 12.3 Å². The first-order chi connectivity index (χ1) is 5.45. The molecule has 0 aromatic carbocycles. The minimum atomic E-state index is 0.898. The second-order valence-corrected chi connectivity index (χ2v) is 3.33. The lowest BCUT2D eigenvalue weighted by Crippen LogP contribution is -2.32. The molecule has 0 aromatic rings. The molecule has 0 spiro atoms. The van der Waals surface area contributed by atoms with E-state index in [4.69, 9.17) is 4.74 Å². The van der Waals surface area contributed by atoms with Crippen LogP contribution >= 0.6 is 0 Å². The van der Waals surface area contributed by atoms with Gasteiger partial charge in [0.15, 0.2) is 0 Å². The summed E-state index contributed by atoms with van der Waals surface area (Å²) < 4.78 is 5.25. The van der Waals surface area contributed by atoms with Gasteiger partial charge in [-0.2, -0.15) is 0 Å². The number of ether oxygens (including phenoxy) is 1. The van der Waals surface area contributed by atoms with Crippen LogP contribution in [0.3, 0.4) is 0 Å². The van der Waals surface area contributed by atoms with E-state index in [1.807, 2.05) is 0 Å². The van der Waals surface area contributed by atoms with Crippen molar-refractivity contribution in [1.82, 2.24) is 4.90 Å². The average molecular weight is 153 g/mol. The van der Waals surface area contributed by atoms with Crippen LogP contribution in [-0.4, -0.2) is 31.2 Å². The van der Waals surface area contributed by atoms with Gasteiger partial charge < -0.3 is 9.64 Å². The molecule has 2 fully saturated rings. The largest absolute Gasteiger partial charge is 0.378 e. The van der Waals surface area contributed by atoms with Crippen molar-refractivity contribution in [3.63, 3.8) is 0 Å². The van der Waals surface area contributed by atoms with Gasteiger partial charge in [-0.3, -0.25) is 0 Å². The Balaban J connectivity index is 1.74. The SMILES string of the molecule is C(=CN1CCOCC1)C1CC1. The van der Waals surface area contributed by atoms with Crippen LogP contribution in [-0.2, 0) is 4.74 Å². The Bertz CT molecular complexity index is 146. The molecule has 1 saturated carbocycles. The summed E-state index contributed by atoms with van der Waals surface area (Å²) in [4.78, 5) is 2.35. The first-order valence-corrected chi connectivity index (χ1v) is 4.45. The van der Waals surface area contributed by atoms with Gasteiger partial charge in [-0.1, -0.05) is 6.08 Å². The number of allylic oxidation sites excluding steroid dienone is 1. The highest BCUT2D eigenvalue weighted by molar-refractivity contribution is 4.95. The summed E-state index contributed by atoms with van der Waals surface area (Å²) in [5, 5.41) is 0. The van der Waals surface area contributed by atoms with Gasteiger partial charge in [0.2, 0.25) is 0 Å². The van der Waals surface area contributed by atoms with Crippen molar-refractivity contribution in [2.75, 3.05) is 26.3 Å². The maximum absolute atomic E-state index is 5.25. The number of rotatable bonds is 2. The smallest absolute Gasteiger partial charge is 0.0642 e. The Morgan fingerprint density at radius 2 is 1.91 bits per heavy atom. The monoisotopic (exact) mass is 153 g/mol. The molecule has 11 heavy (non-hydrogen) atoms. The third-order valence-corrected chi connectivity index (χ3v) is 2.24. The Labute approximate surface area is 67.8 Å². The van der Waals surface area contributed by atoms with E-state index in [1.165, 1.54) is 12.8 Å². The van der Waals surface area contributed by atoms with Crippen LogP contribution in [0.2, 0.25) is 0 Å². The molecule has 1 aliphatic carbocycles. The maximum atomic E-state index is 5.25. The molecule has 2 heteroatoms. The Hall–Kier alpha value is -0.500. The molecule has 0 atom stereocenters. The number of morpholine rings is 1. The van der Waals surface area contributed by atoms with Crippen LogP contribution in [0.5, 0.6) is 0 Å². The molecule has 0 unspecified atom stereocenters. The molecule has 2 aliphatic rings. The first kappa shape index (κ1) is 7.17. The Kier molecular flexibility index (Phi) is 2.13. The highest BCUT2D eigenvalue weighted by atomic mass is 16.5. The van der Waals surface area contributed by atoms with Gasteiger partial charge in [0, 0.05) is 13.1 Å². The maximum Gasteiger partial charge on any atom is 0.0642 e. The van der Waals surface area contributed by atoms with Crippen molar-refractivity contribution < 1.29 is 4.74 Å². The highest BCUT2D eigenvalue weighted by Crippen LogP contribution is 2.30. The highest BCUT2D eigenvalue weighted by Gasteiger charge is 2.17. The van der Waals surface area contributed by atoms with Gasteiger partial charge in [0.1, 0.15) is 0 Å². The predicted molar refractivity (Wildman–Crippen MR) is 44.3 cm³/mol. The summed E-state index contributed by atoms with van der Waals surface area (Å²) in [5.74, 6) is 0.901. The fraction of sp³-hybridized carbons (Fsp3) is 0.778. The summed E-state index contributed by atoms with van der Waals surface area (Å²) in [7, 11) is 0. The molecule has 0 aromatic heterocycles. The topological polar surface area (TPSA) is 12.5 Å². The zero-order valence-corrected chi connectivity index (χ0v) is 6.83. The number of nitrogens with zero attached hydrogens (tertiary/aromatic N) is 1. The third kappa shape index (κ3) is 2.22. The van der Waals surface area contributed by atoms with Crippen molar-refractivity contribution >= 4 is 0 Å². The van der Waals surface area contributed by atoms with Gasteiger partial charge in [0.05, 0.1) is 13.2 Å². The van der Waals surface area contributed by atoms with Crippen LogP contribution in [0.1, 0.15) is 12.8 Å². The molecule has 62 valence electrons. The minimum Gasteiger partial charge on any atom is -0.378 e. The Morgan fingerprint density at radius 1 is 1.18 bits per heavy atom. The average Bonchev–Trinajstić information content (AvgIpc) is 2.86. The molecule has 2 rings (SSSR count). The van der Waals surface area contributed by atoms with E-state index >= 15 is 0 Å². The summed E-state index contributed by atoms with van der Waals surface area (Å²) in [6.07, 6.45) is 7.40. The molecule has 0 radical (unpaired) electrons. The lowest BCUT2D eigenvalue weighted by molar-refractivity contribution is 0.0592. The quantitative estimate of drug-likeness (QED) is 0.592. The molecule has 0 amide bonds. The zero-order chi connectivity index (χ0) is 7.52. The zero-order valence-electron chi connectivity index (χ0n) is 6.83. The van der Waals surface area contributed by atoms with Crippen LogP contribution in [0, 0.1) is 5.92 Å². The van der Waals surface area contributed by atoms with Gasteiger partial charge in [-0.25, -0.2) is 0 Å². The van der Waals surface area contributed by atoms with Gasteiger partial charge in [0.25, 0.3) is 0 Å². The van der Waals surface area contributed by atoms with E-state index in [0.717, 1.165) is 32.2 Å². The van der Waals surface area contributed by atoms with Crippen molar-refractivity contribution in [1.29, 1.82) is 0 Å². The Morgan fingerprint density at radius 3 is 2.55 bits per heavy atom. The van der Waals surface area contributed by atoms with Crippen molar-refractivity contribution in [2.24, 2.45) is 5.92 Å². The van der Waals surface area contributed by atoms with E-state index < -0.39 is 0 Å². The lowest BCUT2D eigenvalue weighted by Gasteiger charge is -2.24. The molecule has 2 nitrogen and oxygen atoms in total. The van der Waals surface area contributed by atoms with E-state index in [-0.39, 0.29) is 0 Å². The first-order valence-electron chi connectivity index (χ1n) is 4.45. The summed E-state index contributed by atoms with van der Waals surface area (Å²) in [5.41, 5.74) is 0. The minimum absolute atomic E-state index is 0.898. The number of hydrogen-bond donors (Lipinski definition) is 0. The molecular formula is C9H15NO. The lowest BCUT2D eigenvalue weighted by atomic mass is 10.4. The van der Waals surface area contributed by atoms with Crippen LogP contribution in [0.4, 0.5) is 0 Å². The summed E-state index contributed by atoms with van der Waals surface area (Å²) in [6.45, 7) is 3.94. The second-order valence-electron chi connectivity index (χ2n) is 3.33. The van der Waals surface area contributed by atoms with E-state index in [2.05, 4.69) is 17.2 Å². The van der Waals surface area contributed by atoms with Crippen molar-refractivity contribution in [2.45, 2.75) is 12.8 Å². The van der Waals surface area contributed by atoms with Crippen LogP contribution < -0.4 is 0 Å². The van der Waals surface area contributed by atoms with Gasteiger partial charge >= 0.3 is 0 Å². The van der Waals surface area contributed by atoms with Gasteiger partial charge in [-0.05, 0) is 25.0 Å².